The van der Waals surface area contributed by atoms with Crippen molar-refractivity contribution >= 4 is 0 Å². The summed E-state index contributed by atoms with van der Waals surface area (Å²) in [5.74, 6) is 2.17. The smallest absolute Gasteiger partial charge is 0.139 e. The lowest BCUT2D eigenvalue weighted by Gasteiger charge is -2.22. The zero-order valence-electron chi connectivity index (χ0n) is 16.1. The molecular formula is C21H26N4O2. The lowest BCUT2D eigenvalue weighted by Crippen LogP contribution is -2.23. The van der Waals surface area contributed by atoms with E-state index < -0.39 is 0 Å². The number of nitrogens with zero attached hydrogens (tertiary/aromatic N) is 3. The van der Waals surface area contributed by atoms with E-state index in [9.17, 15) is 0 Å². The number of aromatic amines is 1. The fraction of sp³-hybridized carbons (Fsp3) is 0.429. The van der Waals surface area contributed by atoms with Gasteiger partial charge in [0.2, 0.25) is 0 Å². The van der Waals surface area contributed by atoms with Crippen LogP contribution in [0, 0.1) is 0 Å². The summed E-state index contributed by atoms with van der Waals surface area (Å²) in [6.45, 7) is 6.15. The van der Waals surface area contributed by atoms with E-state index in [1.54, 1.807) is 7.11 Å². The number of benzene rings is 1. The van der Waals surface area contributed by atoms with E-state index in [2.05, 4.69) is 52.3 Å². The maximum atomic E-state index is 5.53. The Morgan fingerprint density at radius 3 is 2.81 bits per heavy atom. The van der Waals surface area contributed by atoms with Gasteiger partial charge in [0.25, 0.3) is 0 Å². The molecule has 6 heteroatoms. The van der Waals surface area contributed by atoms with Crippen molar-refractivity contribution in [1.82, 2.24) is 20.3 Å². The maximum Gasteiger partial charge on any atom is 0.139 e. The molecule has 1 atom stereocenters. The van der Waals surface area contributed by atoms with Crippen LogP contribution >= 0.6 is 0 Å². The summed E-state index contributed by atoms with van der Waals surface area (Å²) in [7, 11) is 1.68. The first-order valence-corrected chi connectivity index (χ1v) is 9.53. The summed E-state index contributed by atoms with van der Waals surface area (Å²) in [5, 5.41) is 11.8. The van der Waals surface area contributed by atoms with Gasteiger partial charge in [0.1, 0.15) is 17.2 Å². The van der Waals surface area contributed by atoms with Crippen molar-refractivity contribution in [3.8, 4) is 17.0 Å². The van der Waals surface area contributed by atoms with Gasteiger partial charge in [-0.15, -0.1) is 0 Å². The summed E-state index contributed by atoms with van der Waals surface area (Å²) >= 11 is 0. The van der Waals surface area contributed by atoms with Crippen LogP contribution in [-0.4, -0.2) is 33.9 Å². The number of hydrogen-bond donors (Lipinski definition) is 1. The Balaban J connectivity index is 1.54. The van der Waals surface area contributed by atoms with Crippen LogP contribution in [0.3, 0.4) is 0 Å². The minimum Gasteiger partial charge on any atom is -0.497 e. The number of nitrogens with one attached hydrogen (secondary N) is 1. The molecule has 0 saturated carbocycles. The first kappa shape index (κ1) is 17.8. The second kappa shape index (κ2) is 7.56. The highest BCUT2D eigenvalue weighted by molar-refractivity contribution is 5.63. The minimum atomic E-state index is 0.305. The Bertz CT molecular complexity index is 882. The SMILES string of the molecule is COc1ccc(-c2[nH]ncc2CN2CCCC2c2cc(C(C)C)on2)cc1. The number of hydrogen-bond acceptors (Lipinski definition) is 5. The fourth-order valence-corrected chi connectivity index (χ4v) is 3.74. The highest BCUT2D eigenvalue weighted by atomic mass is 16.5. The number of aromatic nitrogens is 3. The van der Waals surface area contributed by atoms with Crippen molar-refractivity contribution in [2.24, 2.45) is 0 Å². The molecule has 0 aliphatic carbocycles. The zero-order valence-corrected chi connectivity index (χ0v) is 16.1. The molecule has 1 unspecified atom stereocenters. The molecule has 142 valence electrons. The van der Waals surface area contributed by atoms with Gasteiger partial charge in [-0.2, -0.15) is 5.10 Å². The van der Waals surface area contributed by atoms with E-state index in [1.807, 2.05) is 18.3 Å². The highest BCUT2D eigenvalue weighted by Gasteiger charge is 2.30. The quantitative estimate of drug-likeness (QED) is 0.694. The van der Waals surface area contributed by atoms with E-state index in [1.165, 1.54) is 12.0 Å². The monoisotopic (exact) mass is 366 g/mol. The largest absolute Gasteiger partial charge is 0.497 e. The van der Waals surface area contributed by atoms with Crippen molar-refractivity contribution in [2.45, 2.75) is 45.2 Å². The molecule has 3 heterocycles. The van der Waals surface area contributed by atoms with Gasteiger partial charge in [-0.1, -0.05) is 19.0 Å². The standard InChI is InChI=1S/C21H26N4O2/c1-14(2)20-11-18(24-27-20)19-5-4-10-25(19)13-16-12-22-23-21(16)15-6-8-17(26-3)9-7-15/h6-9,11-12,14,19H,4-5,10,13H2,1-3H3,(H,22,23). The molecule has 6 nitrogen and oxygen atoms in total. The molecule has 0 bridgehead atoms. The van der Waals surface area contributed by atoms with Gasteiger partial charge in [-0.05, 0) is 43.7 Å². The molecule has 2 aromatic heterocycles. The zero-order chi connectivity index (χ0) is 18.8. The lowest BCUT2D eigenvalue weighted by molar-refractivity contribution is 0.236. The minimum absolute atomic E-state index is 0.305. The van der Waals surface area contributed by atoms with Crippen LogP contribution in [0.15, 0.2) is 41.1 Å². The van der Waals surface area contributed by atoms with Crippen molar-refractivity contribution < 1.29 is 9.26 Å². The van der Waals surface area contributed by atoms with E-state index >= 15 is 0 Å². The van der Waals surface area contributed by atoms with Crippen molar-refractivity contribution in [3.63, 3.8) is 0 Å². The van der Waals surface area contributed by atoms with Crippen LogP contribution < -0.4 is 4.74 Å². The first-order valence-electron chi connectivity index (χ1n) is 9.53. The molecule has 3 aromatic rings. The third kappa shape index (κ3) is 3.62. The summed E-state index contributed by atoms with van der Waals surface area (Å²) < 4.78 is 10.8. The number of H-pyrrole nitrogens is 1. The molecule has 1 fully saturated rings. The molecule has 0 amide bonds. The summed E-state index contributed by atoms with van der Waals surface area (Å²) in [6.07, 6.45) is 4.21. The van der Waals surface area contributed by atoms with E-state index in [0.29, 0.717) is 12.0 Å². The summed E-state index contributed by atoms with van der Waals surface area (Å²) in [6, 6.07) is 10.5. The molecule has 4 rings (SSSR count). The van der Waals surface area contributed by atoms with Gasteiger partial charge in [0.05, 0.1) is 25.0 Å². The lowest BCUT2D eigenvalue weighted by atomic mass is 10.1. The van der Waals surface area contributed by atoms with Crippen LogP contribution in [0.4, 0.5) is 0 Å². The van der Waals surface area contributed by atoms with E-state index in [0.717, 1.165) is 48.0 Å². The predicted octanol–water partition coefficient (Wildman–Crippen LogP) is 4.53. The van der Waals surface area contributed by atoms with Crippen LogP contribution in [0.1, 0.15) is 55.7 Å². The molecule has 1 saturated heterocycles. The summed E-state index contributed by atoms with van der Waals surface area (Å²) in [4.78, 5) is 2.47. The predicted molar refractivity (Wildman–Crippen MR) is 104 cm³/mol. The molecule has 1 aliphatic heterocycles. The maximum absolute atomic E-state index is 5.53. The van der Waals surface area contributed by atoms with Gasteiger partial charge in [0.15, 0.2) is 0 Å². The third-order valence-electron chi connectivity index (χ3n) is 5.29. The Labute approximate surface area is 159 Å². The molecule has 1 N–H and O–H groups in total. The van der Waals surface area contributed by atoms with E-state index in [-0.39, 0.29) is 0 Å². The van der Waals surface area contributed by atoms with Gasteiger partial charge >= 0.3 is 0 Å². The number of likely N-dealkylation sites (tertiary alicyclic amines) is 1. The Hall–Kier alpha value is -2.60. The van der Waals surface area contributed by atoms with Crippen LogP contribution in [0.2, 0.25) is 0 Å². The van der Waals surface area contributed by atoms with Gasteiger partial charge in [0, 0.05) is 29.7 Å². The average molecular weight is 366 g/mol. The molecular weight excluding hydrogens is 340 g/mol. The van der Waals surface area contributed by atoms with Crippen LogP contribution in [-0.2, 0) is 6.54 Å². The number of rotatable bonds is 6. The molecule has 1 aromatic carbocycles. The van der Waals surface area contributed by atoms with E-state index in [4.69, 9.17) is 9.26 Å². The van der Waals surface area contributed by atoms with Crippen LogP contribution in [0.25, 0.3) is 11.3 Å². The average Bonchev–Trinajstić information content (AvgIpc) is 3.42. The highest BCUT2D eigenvalue weighted by Crippen LogP contribution is 2.35. The Morgan fingerprint density at radius 2 is 2.11 bits per heavy atom. The molecule has 1 aliphatic rings. The fourth-order valence-electron chi connectivity index (χ4n) is 3.74. The second-order valence-corrected chi connectivity index (χ2v) is 7.44. The van der Waals surface area contributed by atoms with Gasteiger partial charge in [-0.3, -0.25) is 10.00 Å². The molecule has 27 heavy (non-hydrogen) atoms. The number of ether oxygens (including phenoxy) is 1. The first-order chi connectivity index (χ1) is 13.2. The number of methoxy groups -OCH3 is 1. The van der Waals surface area contributed by atoms with Crippen molar-refractivity contribution in [1.29, 1.82) is 0 Å². The van der Waals surface area contributed by atoms with Crippen molar-refractivity contribution in [3.05, 3.63) is 53.5 Å². The normalized spacial score (nSPS) is 17.7. The Kier molecular flexibility index (Phi) is 4.99. The summed E-state index contributed by atoms with van der Waals surface area (Å²) in [5.41, 5.74) is 4.42. The van der Waals surface area contributed by atoms with Gasteiger partial charge < -0.3 is 9.26 Å². The van der Waals surface area contributed by atoms with Gasteiger partial charge in [-0.25, -0.2) is 0 Å². The van der Waals surface area contributed by atoms with Crippen LogP contribution in [0.5, 0.6) is 5.75 Å². The second-order valence-electron chi connectivity index (χ2n) is 7.44. The topological polar surface area (TPSA) is 67.2 Å². The van der Waals surface area contributed by atoms with Crippen molar-refractivity contribution in [2.75, 3.05) is 13.7 Å². The Morgan fingerprint density at radius 1 is 1.30 bits per heavy atom. The molecule has 0 radical (unpaired) electrons. The molecule has 0 spiro atoms. The third-order valence-corrected chi connectivity index (χ3v) is 5.29.